The fraction of sp³-hybridized carbons (Fsp3) is 0.491. The second-order valence-electron chi connectivity index (χ2n) is 19.3. The largest absolute Gasteiger partial charge is 0.495 e. The minimum absolute atomic E-state index is 0.00338. The summed E-state index contributed by atoms with van der Waals surface area (Å²) >= 11 is 1.58. The third-order valence-corrected chi connectivity index (χ3v) is 13.8. The molecule has 2 aliphatic rings. The van der Waals surface area contributed by atoms with Gasteiger partial charge in [0, 0.05) is 31.7 Å². The number of aryl methyl sites for hydroxylation is 1. The van der Waals surface area contributed by atoms with Crippen LogP contribution in [0.1, 0.15) is 97.7 Å². The lowest BCUT2D eigenvalue weighted by Crippen LogP contribution is -2.58. The van der Waals surface area contributed by atoms with Gasteiger partial charge < -0.3 is 40.4 Å². The van der Waals surface area contributed by atoms with Crippen molar-refractivity contribution in [1.29, 1.82) is 0 Å². The molecular weight excluding hydrogens is 952 g/mol. The Morgan fingerprint density at radius 1 is 0.847 bits per heavy atom. The summed E-state index contributed by atoms with van der Waals surface area (Å²) in [6.07, 6.45) is 3.26. The van der Waals surface area contributed by atoms with Gasteiger partial charge in [0.2, 0.25) is 23.6 Å². The van der Waals surface area contributed by atoms with Crippen LogP contribution in [0.15, 0.2) is 72.4 Å². The van der Waals surface area contributed by atoms with Crippen LogP contribution in [0.4, 0.5) is 13.2 Å². The minimum Gasteiger partial charge on any atom is -0.495 e. The van der Waals surface area contributed by atoms with Crippen molar-refractivity contribution in [3.63, 3.8) is 0 Å². The SMILES string of the molecule is COc1cnc(C(=O)NCc2cccc(CC(=O)NCCOCCOCC(=O)NC(C(=O)N3CCC[C@H]3C(=O)NCc3ccc(-c4scnc4C)cc3)C(C)(C)C)c2)cc1/C=C/C1CCC(C(F)(F)F)CC1. The number of aromatic nitrogens is 2. The first kappa shape index (κ1) is 55.1. The van der Waals surface area contributed by atoms with E-state index in [1.807, 2.05) is 81.7 Å². The molecule has 1 aliphatic carbocycles. The fourth-order valence-electron chi connectivity index (χ4n) is 8.76. The van der Waals surface area contributed by atoms with E-state index in [1.54, 1.807) is 34.4 Å². The maximum Gasteiger partial charge on any atom is 0.391 e. The van der Waals surface area contributed by atoms with Gasteiger partial charge in [-0.25, -0.2) is 9.97 Å². The first-order chi connectivity index (χ1) is 34.4. The molecule has 1 aliphatic heterocycles. The van der Waals surface area contributed by atoms with Gasteiger partial charge in [-0.2, -0.15) is 13.2 Å². The van der Waals surface area contributed by atoms with Gasteiger partial charge in [-0.1, -0.05) is 81.5 Å². The monoisotopic (exact) mass is 1020 g/mol. The summed E-state index contributed by atoms with van der Waals surface area (Å²) in [5.41, 5.74) is 6.39. The number of rotatable bonds is 22. The lowest BCUT2D eigenvalue weighted by molar-refractivity contribution is -0.183. The average Bonchev–Trinajstić information content (AvgIpc) is 4.03. The molecule has 388 valence electrons. The van der Waals surface area contributed by atoms with Crippen LogP contribution < -0.4 is 26.0 Å². The summed E-state index contributed by atoms with van der Waals surface area (Å²) < 4.78 is 55.8. The van der Waals surface area contributed by atoms with Crippen molar-refractivity contribution < 1.29 is 51.4 Å². The average molecular weight is 1020 g/mol. The molecule has 0 bridgehead atoms. The molecule has 1 unspecified atom stereocenters. The molecule has 2 atom stereocenters. The Labute approximate surface area is 423 Å². The zero-order valence-electron chi connectivity index (χ0n) is 41.6. The van der Waals surface area contributed by atoms with E-state index in [0.29, 0.717) is 50.1 Å². The lowest BCUT2D eigenvalue weighted by atomic mass is 9.81. The Bertz CT molecular complexity index is 2500. The highest BCUT2D eigenvalue weighted by Crippen LogP contribution is 2.40. The standard InChI is InChI=1S/C53H66F3N7O8S/c1-34-47(72-33-61-34)39-16-12-36(13-17-39)29-60-50(67)43-10-7-22-63(43)51(68)48(52(2,3)4)62-46(65)32-71-25-24-70-23-21-57-45(64)27-37-8-6-9-38(26-37)30-59-49(66)42-28-40(44(69-5)31-58-42)18-11-35-14-19-41(20-15-35)53(54,55)56/h6,8-9,11-13,16-18,26,28,31,33,35,41,43,48H,7,10,14-15,19-25,27,29-30,32H2,1-5H3,(H,57,64)(H,59,66)(H,60,67)(H,62,65)/b18-11+/t35?,41?,43-,48?/m0/s1. The number of likely N-dealkylation sites (tertiary alicyclic amines) is 1. The van der Waals surface area contributed by atoms with Crippen molar-refractivity contribution in [2.24, 2.45) is 17.3 Å². The van der Waals surface area contributed by atoms with Crippen LogP contribution in [-0.2, 0) is 48.2 Å². The van der Waals surface area contributed by atoms with Crippen molar-refractivity contribution in [1.82, 2.24) is 36.1 Å². The number of halogens is 3. The molecule has 3 heterocycles. The molecule has 2 fully saturated rings. The second kappa shape index (κ2) is 26.0. The Morgan fingerprint density at radius 2 is 1.57 bits per heavy atom. The maximum absolute atomic E-state index is 13.9. The first-order valence-electron chi connectivity index (χ1n) is 24.3. The maximum atomic E-state index is 13.9. The quantitative estimate of drug-likeness (QED) is 0.0579. The van der Waals surface area contributed by atoms with Gasteiger partial charge in [-0.05, 0) is 85.1 Å². The molecule has 15 nitrogen and oxygen atoms in total. The molecule has 4 aromatic rings. The molecule has 72 heavy (non-hydrogen) atoms. The van der Waals surface area contributed by atoms with E-state index in [-0.39, 0.29) is 88.1 Å². The molecule has 2 aromatic heterocycles. The topological polar surface area (TPSA) is 190 Å². The van der Waals surface area contributed by atoms with Gasteiger partial charge in [0.05, 0.1) is 61.5 Å². The third kappa shape index (κ3) is 16.2. The summed E-state index contributed by atoms with van der Waals surface area (Å²) in [5.74, 6) is -2.51. The van der Waals surface area contributed by atoms with Crippen molar-refractivity contribution in [3.8, 4) is 16.2 Å². The van der Waals surface area contributed by atoms with E-state index >= 15 is 0 Å². The number of allylic oxidation sites excluding steroid dienone is 1. The molecule has 2 aromatic carbocycles. The van der Waals surface area contributed by atoms with Gasteiger partial charge in [0.15, 0.2) is 0 Å². The van der Waals surface area contributed by atoms with E-state index in [1.165, 1.54) is 13.3 Å². The highest BCUT2D eigenvalue weighted by Gasteiger charge is 2.42. The third-order valence-electron chi connectivity index (χ3n) is 12.8. The molecule has 5 amide bonds. The van der Waals surface area contributed by atoms with E-state index < -0.39 is 41.4 Å². The Morgan fingerprint density at radius 3 is 2.26 bits per heavy atom. The summed E-state index contributed by atoms with van der Waals surface area (Å²) in [6, 6.07) is 15.3. The number of carbonyl (C=O) groups is 5. The van der Waals surface area contributed by atoms with E-state index in [0.717, 1.165) is 32.8 Å². The van der Waals surface area contributed by atoms with Crippen molar-refractivity contribution in [3.05, 3.63) is 106 Å². The van der Waals surface area contributed by atoms with E-state index in [4.69, 9.17) is 14.2 Å². The molecule has 0 radical (unpaired) electrons. The lowest BCUT2D eigenvalue weighted by Gasteiger charge is -2.35. The Kier molecular flexibility index (Phi) is 19.9. The number of methoxy groups -OCH3 is 1. The fourth-order valence-corrected chi connectivity index (χ4v) is 9.57. The molecule has 0 spiro atoms. The number of amides is 5. The molecule has 6 rings (SSSR count). The predicted octanol–water partition coefficient (Wildman–Crippen LogP) is 7.36. The van der Waals surface area contributed by atoms with Crippen molar-refractivity contribution in [2.45, 2.75) is 104 Å². The smallest absolute Gasteiger partial charge is 0.391 e. The van der Waals surface area contributed by atoms with E-state index in [2.05, 4.69) is 31.2 Å². The first-order valence-corrected chi connectivity index (χ1v) is 25.2. The van der Waals surface area contributed by atoms with Gasteiger partial charge in [0.1, 0.15) is 30.1 Å². The molecular formula is C53H66F3N7O8S. The summed E-state index contributed by atoms with van der Waals surface area (Å²) in [4.78, 5) is 77.4. The number of thiazole rings is 1. The van der Waals surface area contributed by atoms with Crippen molar-refractivity contribution >= 4 is 46.9 Å². The molecule has 19 heteroatoms. The minimum atomic E-state index is -4.17. The Balaban J connectivity index is 0.851. The van der Waals surface area contributed by atoms with Crippen LogP contribution in [0.25, 0.3) is 16.5 Å². The van der Waals surface area contributed by atoms with E-state index in [9.17, 15) is 37.1 Å². The second-order valence-corrected chi connectivity index (χ2v) is 20.1. The number of nitrogens with zero attached hydrogens (tertiary/aromatic N) is 3. The van der Waals surface area contributed by atoms with Crippen LogP contribution in [-0.4, -0.2) is 109 Å². The number of alkyl halides is 3. The zero-order chi connectivity index (χ0) is 51.8. The van der Waals surface area contributed by atoms with Crippen LogP contribution in [0.2, 0.25) is 0 Å². The Hall–Kier alpha value is -6.18. The number of ether oxygens (including phenoxy) is 3. The summed E-state index contributed by atoms with van der Waals surface area (Å²) in [6.45, 7) is 8.86. The number of nitrogens with one attached hydrogen (secondary N) is 4. The van der Waals surface area contributed by atoms with Crippen LogP contribution in [0.3, 0.4) is 0 Å². The number of hydrogen-bond donors (Lipinski definition) is 4. The summed E-state index contributed by atoms with van der Waals surface area (Å²) in [5, 5.41) is 11.5. The zero-order valence-corrected chi connectivity index (χ0v) is 42.4. The van der Waals surface area contributed by atoms with Gasteiger partial charge in [-0.3, -0.25) is 24.0 Å². The summed E-state index contributed by atoms with van der Waals surface area (Å²) in [7, 11) is 1.48. The highest BCUT2D eigenvalue weighted by molar-refractivity contribution is 7.13. The number of carbonyl (C=O) groups excluding carboxylic acids is 5. The molecule has 4 N–H and O–H groups in total. The van der Waals surface area contributed by atoms with Gasteiger partial charge in [0.25, 0.3) is 5.91 Å². The number of hydrogen-bond acceptors (Lipinski definition) is 11. The number of benzene rings is 2. The van der Waals surface area contributed by atoms with Crippen LogP contribution in [0, 0.1) is 24.2 Å². The molecule has 1 saturated carbocycles. The molecule has 1 saturated heterocycles. The van der Waals surface area contributed by atoms with Crippen molar-refractivity contribution in [2.75, 3.05) is 46.6 Å². The van der Waals surface area contributed by atoms with Crippen LogP contribution in [0.5, 0.6) is 5.75 Å². The normalized spacial score (nSPS) is 17.6. The predicted molar refractivity (Wildman–Crippen MR) is 268 cm³/mol. The highest BCUT2D eigenvalue weighted by atomic mass is 32.1. The number of pyridine rings is 1. The van der Waals surface area contributed by atoms with Crippen LogP contribution >= 0.6 is 11.3 Å². The van der Waals surface area contributed by atoms with Gasteiger partial charge >= 0.3 is 6.18 Å². The van der Waals surface area contributed by atoms with Gasteiger partial charge in [-0.15, -0.1) is 11.3 Å².